The van der Waals surface area contributed by atoms with Crippen molar-refractivity contribution in [3.8, 4) is 0 Å². The largest absolute Gasteiger partial charge is 0.406 e. The summed E-state index contributed by atoms with van der Waals surface area (Å²) in [4.78, 5) is 9.22. The highest BCUT2D eigenvalue weighted by Crippen LogP contribution is 2.28. The zero-order valence-electron chi connectivity index (χ0n) is 10.7. The van der Waals surface area contributed by atoms with Crippen LogP contribution in [0.4, 0.5) is 18.9 Å². The number of likely N-dealkylation sites (N-methyl/N-ethyl adjacent to an activating group) is 1. The fourth-order valence-corrected chi connectivity index (χ4v) is 2.91. The molecule has 0 amide bonds. The maximum atomic E-state index is 12.7. The molecule has 1 aromatic carbocycles. The lowest BCUT2D eigenvalue weighted by atomic mass is 10.3. The number of alkyl halides is 3. The number of nitro benzene ring substituents is 1. The fourth-order valence-electron chi connectivity index (χ4n) is 1.56. The Morgan fingerprint density at radius 2 is 1.81 bits per heavy atom. The summed E-state index contributed by atoms with van der Waals surface area (Å²) < 4.78 is 62.4. The van der Waals surface area contributed by atoms with E-state index >= 15 is 0 Å². The third-order valence-corrected chi connectivity index (χ3v) is 4.65. The maximum Gasteiger partial charge on any atom is 0.406 e. The van der Waals surface area contributed by atoms with Gasteiger partial charge in [0.05, 0.1) is 9.82 Å². The first-order chi connectivity index (χ1) is 9.51. The van der Waals surface area contributed by atoms with Gasteiger partial charge in [0.25, 0.3) is 5.69 Å². The summed E-state index contributed by atoms with van der Waals surface area (Å²) >= 11 is 0. The van der Waals surface area contributed by atoms with E-state index in [1.54, 1.807) is 0 Å². The van der Waals surface area contributed by atoms with Crippen LogP contribution in [0.5, 0.6) is 0 Å². The smallest absolute Gasteiger partial charge is 0.329 e. The molecule has 0 aliphatic carbocycles. The van der Waals surface area contributed by atoms with Gasteiger partial charge in [-0.15, -0.1) is 0 Å². The summed E-state index contributed by atoms with van der Waals surface area (Å²) in [7, 11) is -3.71. The van der Waals surface area contributed by atoms with Crippen molar-refractivity contribution in [2.24, 2.45) is 5.73 Å². The number of hydrogen-bond acceptors (Lipinski definition) is 5. The predicted octanol–water partition coefficient (Wildman–Crippen LogP) is 1.10. The van der Waals surface area contributed by atoms with E-state index in [0.717, 1.165) is 31.3 Å². The first kappa shape index (κ1) is 17.3. The number of nitro groups is 1. The molecule has 0 aliphatic heterocycles. The fraction of sp³-hybridized carbons (Fsp3) is 0.400. The first-order valence-electron chi connectivity index (χ1n) is 5.51. The predicted molar refractivity (Wildman–Crippen MR) is 66.9 cm³/mol. The number of non-ortho nitro benzene ring substituents is 1. The molecule has 0 saturated carbocycles. The molecule has 1 rings (SSSR count). The van der Waals surface area contributed by atoms with Gasteiger partial charge in [-0.25, -0.2) is 8.42 Å². The average Bonchev–Trinajstić information content (AvgIpc) is 2.37. The van der Waals surface area contributed by atoms with Crippen LogP contribution in [0.2, 0.25) is 0 Å². The minimum absolute atomic E-state index is 0.105. The van der Waals surface area contributed by atoms with Crippen LogP contribution in [0.3, 0.4) is 0 Å². The van der Waals surface area contributed by atoms with Crippen LogP contribution in [0, 0.1) is 10.1 Å². The molecule has 1 atom stereocenters. The lowest BCUT2D eigenvalue weighted by Gasteiger charge is -2.28. The summed E-state index contributed by atoms with van der Waals surface area (Å²) in [6.07, 6.45) is -4.82. The molecule has 11 heteroatoms. The highest BCUT2D eigenvalue weighted by molar-refractivity contribution is 7.89. The number of hydrogen-bond donors (Lipinski definition) is 1. The van der Waals surface area contributed by atoms with E-state index in [-0.39, 0.29) is 9.99 Å². The van der Waals surface area contributed by atoms with E-state index in [0.29, 0.717) is 0 Å². The van der Waals surface area contributed by atoms with Crippen molar-refractivity contribution in [2.75, 3.05) is 13.6 Å². The highest BCUT2D eigenvalue weighted by atomic mass is 32.2. The van der Waals surface area contributed by atoms with Crippen LogP contribution in [-0.4, -0.2) is 43.5 Å². The van der Waals surface area contributed by atoms with Crippen molar-refractivity contribution in [2.45, 2.75) is 17.1 Å². The Morgan fingerprint density at radius 1 is 1.33 bits per heavy atom. The van der Waals surface area contributed by atoms with Gasteiger partial charge in [0.1, 0.15) is 6.04 Å². The maximum absolute atomic E-state index is 12.7. The van der Waals surface area contributed by atoms with Gasteiger partial charge in [0, 0.05) is 25.7 Å². The van der Waals surface area contributed by atoms with Gasteiger partial charge in [-0.3, -0.25) is 10.1 Å². The Labute approximate surface area is 118 Å². The molecule has 0 heterocycles. The molecule has 2 N–H and O–H groups in total. The van der Waals surface area contributed by atoms with Crippen molar-refractivity contribution in [3.05, 3.63) is 34.4 Å². The van der Waals surface area contributed by atoms with E-state index in [9.17, 15) is 31.7 Å². The minimum Gasteiger partial charge on any atom is -0.329 e. The lowest BCUT2D eigenvalue weighted by molar-refractivity contribution is -0.384. The van der Waals surface area contributed by atoms with Gasteiger partial charge >= 0.3 is 6.18 Å². The van der Waals surface area contributed by atoms with Crippen LogP contribution in [0.15, 0.2) is 29.2 Å². The van der Waals surface area contributed by atoms with Crippen LogP contribution >= 0.6 is 0 Å². The highest BCUT2D eigenvalue weighted by Gasteiger charge is 2.45. The third-order valence-electron chi connectivity index (χ3n) is 2.76. The summed E-state index contributed by atoms with van der Waals surface area (Å²) in [5, 5.41) is 10.5. The normalized spacial score (nSPS) is 14.2. The molecular weight excluding hydrogens is 315 g/mol. The molecule has 0 fully saturated rings. The molecule has 1 unspecified atom stereocenters. The Balaban J connectivity index is 3.18. The minimum atomic E-state index is -4.82. The van der Waals surface area contributed by atoms with Crippen LogP contribution < -0.4 is 5.73 Å². The molecule has 7 nitrogen and oxygen atoms in total. The van der Waals surface area contributed by atoms with Crippen LogP contribution in [0.1, 0.15) is 0 Å². The Morgan fingerprint density at radius 3 is 2.14 bits per heavy atom. The van der Waals surface area contributed by atoms with Crippen molar-refractivity contribution in [3.63, 3.8) is 0 Å². The average molecular weight is 327 g/mol. The standard InChI is InChI=1S/C10H12F3N3O4S/c1-15(9(6-14)10(11,12)13)21(19,20)8-4-2-7(3-5-8)16(17)18/h2-5,9H,6,14H2,1H3. The second-order valence-electron chi connectivity index (χ2n) is 4.07. The van der Waals surface area contributed by atoms with Crippen molar-refractivity contribution in [1.82, 2.24) is 4.31 Å². The quantitative estimate of drug-likeness (QED) is 0.644. The van der Waals surface area contributed by atoms with Gasteiger partial charge < -0.3 is 5.73 Å². The second-order valence-corrected chi connectivity index (χ2v) is 6.06. The topological polar surface area (TPSA) is 107 Å². The number of rotatable bonds is 5. The number of benzene rings is 1. The summed E-state index contributed by atoms with van der Waals surface area (Å²) in [5.41, 5.74) is 4.61. The van der Waals surface area contributed by atoms with Crippen molar-refractivity contribution in [1.29, 1.82) is 0 Å². The molecular formula is C10H12F3N3O4S. The SMILES string of the molecule is CN(C(CN)C(F)(F)F)S(=O)(=O)c1ccc([N+](=O)[O-])cc1. The number of halogens is 3. The van der Waals surface area contributed by atoms with Crippen LogP contribution in [-0.2, 0) is 10.0 Å². The number of sulfonamides is 1. The summed E-state index contributed by atoms with van der Waals surface area (Å²) in [5.74, 6) is 0. The molecule has 0 bridgehead atoms. The van der Waals surface area contributed by atoms with E-state index in [1.165, 1.54) is 0 Å². The van der Waals surface area contributed by atoms with Crippen LogP contribution in [0.25, 0.3) is 0 Å². The monoisotopic (exact) mass is 327 g/mol. The summed E-state index contributed by atoms with van der Waals surface area (Å²) in [6.45, 7) is -0.938. The summed E-state index contributed by atoms with van der Waals surface area (Å²) in [6, 6.07) is 1.15. The van der Waals surface area contributed by atoms with Gasteiger partial charge in [0.2, 0.25) is 10.0 Å². The molecule has 0 saturated heterocycles. The van der Waals surface area contributed by atoms with Gasteiger partial charge in [-0.05, 0) is 12.1 Å². The Hall–Kier alpha value is -1.72. The van der Waals surface area contributed by atoms with Gasteiger partial charge in [-0.2, -0.15) is 17.5 Å². The van der Waals surface area contributed by atoms with Crippen molar-refractivity contribution >= 4 is 15.7 Å². The van der Waals surface area contributed by atoms with E-state index in [4.69, 9.17) is 5.73 Å². The zero-order chi connectivity index (χ0) is 16.4. The lowest BCUT2D eigenvalue weighted by Crippen LogP contribution is -2.50. The van der Waals surface area contributed by atoms with E-state index in [2.05, 4.69) is 0 Å². The molecule has 0 radical (unpaired) electrons. The van der Waals surface area contributed by atoms with Crippen molar-refractivity contribution < 1.29 is 26.5 Å². The molecule has 1 aromatic rings. The first-order valence-corrected chi connectivity index (χ1v) is 6.95. The molecule has 0 aliphatic rings. The number of nitrogens with zero attached hydrogens (tertiary/aromatic N) is 2. The molecule has 0 aromatic heterocycles. The van der Waals surface area contributed by atoms with E-state index < -0.39 is 38.6 Å². The molecule has 118 valence electrons. The Kier molecular flexibility index (Phi) is 4.91. The van der Waals surface area contributed by atoms with E-state index in [1.807, 2.05) is 0 Å². The zero-order valence-corrected chi connectivity index (χ0v) is 11.6. The van der Waals surface area contributed by atoms with Gasteiger partial charge in [-0.1, -0.05) is 0 Å². The molecule has 21 heavy (non-hydrogen) atoms. The number of nitrogens with two attached hydrogens (primary N) is 1. The Bertz CT molecular complexity index is 615. The van der Waals surface area contributed by atoms with Gasteiger partial charge in [0.15, 0.2) is 0 Å². The second kappa shape index (κ2) is 5.95. The third kappa shape index (κ3) is 3.68. The molecule has 0 spiro atoms.